The number of nitrogens with zero attached hydrogens (tertiary/aromatic N) is 4. The Bertz CT molecular complexity index is 3890. The summed E-state index contributed by atoms with van der Waals surface area (Å²) in [6.45, 7) is 0. The van der Waals surface area contributed by atoms with Crippen molar-refractivity contribution in [2.75, 3.05) is 0 Å². The summed E-state index contributed by atoms with van der Waals surface area (Å²) < 4.78 is 2.41. The van der Waals surface area contributed by atoms with Crippen molar-refractivity contribution in [3.8, 4) is 73.1 Å². The zero-order valence-corrected chi connectivity index (χ0v) is 36.4. The molecule has 4 nitrogen and oxygen atoms in total. The average Bonchev–Trinajstić information content (AvgIpc) is 3.77. The van der Waals surface area contributed by atoms with Gasteiger partial charge in [-0.1, -0.05) is 194 Å². The SMILES string of the molecule is c1ccc(-c2ccc(-c3cc(-c4ccc(-c5ccccc5)cc4)nc(-c4ccc(-n5c6ccccc6c6c(-c7cc8ccccc8c8ccccc78)nc7ccccc7c65)cc4)n3)cc2)cc1. The number of pyridine rings is 1. The number of fused-ring (bicyclic) bond motifs is 8. The number of para-hydroxylation sites is 2. The fourth-order valence-electron chi connectivity index (χ4n) is 9.96. The summed E-state index contributed by atoms with van der Waals surface area (Å²) in [6.07, 6.45) is 0. The molecule has 0 aliphatic rings. The van der Waals surface area contributed by atoms with E-state index in [1.54, 1.807) is 0 Å². The Kier molecular flexibility index (Phi) is 9.14. The molecule has 4 heteroatoms. The maximum atomic E-state index is 5.52. The largest absolute Gasteiger partial charge is 0.308 e. The quantitative estimate of drug-likeness (QED) is 0.150. The van der Waals surface area contributed by atoms with Crippen LogP contribution >= 0.6 is 0 Å². The molecule has 67 heavy (non-hydrogen) atoms. The molecule has 0 saturated heterocycles. The van der Waals surface area contributed by atoms with Crippen molar-refractivity contribution >= 4 is 54.3 Å². The first-order valence-corrected chi connectivity index (χ1v) is 22.8. The molecule has 0 radical (unpaired) electrons. The second-order valence-electron chi connectivity index (χ2n) is 17.1. The lowest BCUT2D eigenvalue weighted by molar-refractivity contribution is 1.17. The van der Waals surface area contributed by atoms with Crippen molar-refractivity contribution < 1.29 is 0 Å². The third-order valence-electron chi connectivity index (χ3n) is 13.2. The molecule has 312 valence electrons. The van der Waals surface area contributed by atoms with E-state index >= 15 is 0 Å². The van der Waals surface area contributed by atoms with Gasteiger partial charge in [0.05, 0.1) is 33.6 Å². The number of hydrogen-bond donors (Lipinski definition) is 0. The Morgan fingerprint density at radius 2 is 0.791 bits per heavy atom. The highest BCUT2D eigenvalue weighted by Gasteiger charge is 2.22. The molecule has 0 saturated carbocycles. The van der Waals surface area contributed by atoms with Crippen LogP contribution in [0.5, 0.6) is 0 Å². The standard InChI is InChI=1S/C63H40N4/c1-3-15-41(16-4-1)43-27-31-45(32-28-43)57-40-58(46-33-29-44(30-34-46)42-17-5-2-6-18-42)66-63(65-57)47-35-37-49(38-36-47)67-59-26-14-12-24-54(59)60-61(64-56-25-13-11-23-53(56)62(60)67)55-39-48-19-7-8-20-50(48)51-21-9-10-22-52(51)55/h1-40H. The zero-order chi connectivity index (χ0) is 44.3. The minimum Gasteiger partial charge on any atom is -0.308 e. The van der Waals surface area contributed by atoms with E-state index in [1.165, 1.54) is 32.7 Å². The second kappa shape index (κ2) is 15.9. The summed E-state index contributed by atoms with van der Waals surface area (Å²) in [5.74, 6) is 0.667. The lowest BCUT2D eigenvalue weighted by Gasteiger charge is -2.15. The van der Waals surface area contributed by atoms with Crippen LogP contribution in [0.4, 0.5) is 0 Å². The first kappa shape index (κ1) is 38.5. The lowest BCUT2D eigenvalue weighted by atomic mass is 9.93. The van der Waals surface area contributed by atoms with Gasteiger partial charge in [0.1, 0.15) is 0 Å². The number of rotatable bonds is 7. The number of aromatic nitrogens is 4. The third-order valence-corrected chi connectivity index (χ3v) is 13.2. The van der Waals surface area contributed by atoms with Crippen molar-refractivity contribution in [1.82, 2.24) is 19.5 Å². The maximum absolute atomic E-state index is 5.52. The summed E-state index contributed by atoms with van der Waals surface area (Å²) in [4.78, 5) is 16.0. The van der Waals surface area contributed by atoms with Crippen LogP contribution in [0.25, 0.3) is 127 Å². The molecule has 0 spiro atoms. The van der Waals surface area contributed by atoms with E-state index in [4.69, 9.17) is 15.0 Å². The van der Waals surface area contributed by atoms with Crippen molar-refractivity contribution in [2.45, 2.75) is 0 Å². The van der Waals surface area contributed by atoms with Gasteiger partial charge in [-0.25, -0.2) is 15.0 Å². The molecule has 13 aromatic rings. The van der Waals surface area contributed by atoms with Crippen LogP contribution in [-0.2, 0) is 0 Å². The molecule has 0 aliphatic heterocycles. The lowest BCUT2D eigenvalue weighted by Crippen LogP contribution is -1.98. The van der Waals surface area contributed by atoms with Gasteiger partial charge in [0.15, 0.2) is 5.82 Å². The molecule has 0 aliphatic carbocycles. The highest BCUT2D eigenvalue weighted by Crippen LogP contribution is 2.44. The highest BCUT2D eigenvalue weighted by atomic mass is 15.0. The number of benzene rings is 10. The van der Waals surface area contributed by atoms with Crippen LogP contribution in [0, 0.1) is 0 Å². The van der Waals surface area contributed by atoms with E-state index in [2.05, 4.69) is 235 Å². The summed E-state index contributed by atoms with van der Waals surface area (Å²) in [6, 6.07) is 86.2. The van der Waals surface area contributed by atoms with Gasteiger partial charge in [-0.15, -0.1) is 0 Å². The van der Waals surface area contributed by atoms with Crippen LogP contribution in [0.3, 0.4) is 0 Å². The Labute approximate surface area is 387 Å². The Morgan fingerprint density at radius 3 is 1.43 bits per heavy atom. The monoisotopic (exact) mass is 852 g/mol. The van der Waals surface area contributed by atoms with Gasteiger partial charge in [-0.3, -0.25) is 0 Å². The molecule has 0 unspecified atom stereocenters. The van der Waals surface area contributed by atoms with Crippen LogP contribution in [0.1, 0.15) is 0 Å². The van der Waals surface area contributed by atoms with Crippen molar-refractivity contribution in [3.63, 3.8) is 0 Å². The maximum Gasteiger partial charge on any atom is 0.160 e. The van der Waals surface area contributed by atoms with Gasteiger partial charge in [-0.05, 0) is 92.3 Å². The molecule has 0 N–H and O–H groups in total. The van der Waals surface area contributed by atoms with Gasteiger partial charge in [0.25, 0.3) is 0 Å². The zero-order valence-electron chi connectivity index (χ0n) is 36.4. The van der Waals surface area contributed by atoms with Gasteiger partial charge < -0.3 is 4.57 Å². The molecule has 0 fully saturated rings. The smallest absolute Gasteiger partial charge is 0.160 e. The summed E-state index contributed by atoms with van der Waals surface area (Å²) in [5, 5.41) is 8.24. The molecule has 3 heterocycles. The van der Waals surface area contributed by atoms with Crippen molar-refractivity contribution in [2.24, 2.45) is 0 Å². The topological polar surface area (TPSA) is 43.6 Å². The molecule has 13 rings (SSSR count). The van der Waals surface area contributed by atoms with Gasteiger partial charge in [0.2, 0.25) is 0 Å². The molecular formula is C63H40N4. The second-order valence-corrected chi connectivity index (χ2v) is 17.1. The first-order chi connectivity index (χ1) is 33.2. The third kappa shape index (κ3) is 6.65. The summed E-state index contributed by atoms with van der Waals surface area (Å²) >= 11 is 0. The van der Waals surface area contributed by atoms with Crippen molar-refractivity contribution in [3.05, 3.63) is 243 Å². The van der Waals surface area contributed by atoms with Crippen LogP contribution in [-0.4, -0.2) is 19.5 Å². The van der Waals surface area contributed by atoms with Crippen LogP contribution in [0.15, 0.2) is 243 Å². The van der Waals surface area contributed by atoms with Crippen molar-refractivity contribution in [1.29, 1.82) is 0 Å². The fourth-order valence-corrected chi connectivity index (χ4v) is 9.96. The normalized spacial score (nSPS) is 11.6. The van der Waals surface area contributed by atoms with Gasteiger partial charge in [0, 0.05) is 44.1 Å². The van der Waals surface area contributed by atoms with E-state index < -0.39 is 0 Å². The Balaban J connectivity index is 0.972. The minimum atomic E-state index is 0.667. The highest BCUT2D eigenvalue weighted by molar-refractivity contribution is 6.25. The Morgan fingerprint density at radius 1 is 0.313 bits per heavy atom. The molecule has 10 aromatic carbocycles. The van der Waals surface area contributed by atoms with Crippen LogP contribution < -0.4 is 0 Å². The molecule has 0 bridgehead atoms. The predicted molar refractivity (Wildman–Crippen MR) is 279 cm³/mol. The van der Waals surface area contributed by atoms with Crippen LogP contribution in [0.2, 0.25) is 0 Å². The molecule has 0 amide bonds. The van der Waals surface area contributed by atoms with E-state index in [9.17, 15) is 0 Å². The predicted octanol–water partition coefficient (Wildman–Crippen LogP) is 16.4. The molecule has 3 aromatic heterocycles. The minimum absolute atomic E-state index is 0.667. The van der Waals surface area contributed by atoms with Gasteiger partial charge in [-0.2, -0.15) is 0 Å². The average molecular weight is 853 g/mol. The first-order valence-electron chi connectivity index (χ1n) is 22.8. The fraction of sp³-hybridized carbons (Fsp3) is 0. The number of hydrogen-bond acceptors (Lipinski definition) is 3. The summed E-state index contributed by atoms with van der Waals surface area (Å²) in [7, 11) is 0. The molecular weight excluding hydrogens is 813 g/mol. The van der Waals surface area contributed by atoms with Gasteiger partial charge >= 0.3 is 0 Å². The van der Waals surface area contributed by atoms with E-state index in [1.807, 2.05) is 12.1 Å². The van der Waals surface area contributed by atoms with E-state index in [0.29, 0.717) is 5.82 Å². The van der Waals surface area contributed by atoms with E-state index in [0.717, 1.165) is 88.9 Å². The van der Waals surface area contributed by atoms with E-state index in [-0.39, 0.29) is 0 Å². The summed E-state index contributed by atoms with van der Waals surface area (Å²) in [5.41, 5.74) is 15.8. The molecule has 0 atom stereocenters. The Hall–Kier alpha value is -8.99.